The number of rotatable bonds is 4. The zero-order valence-electron chi connectivity index (χ0n) is 11.9. The Hall–Kier alpha value is -1.75. The van der Waals surface area contributed by atoms with Crippen molar-refractivity contribution in [2.45, 2.75) is 44.4 Å². The van der Waals surface area contributed by atoms with Gasteiger partial charge in [-0.25, -0.2) is 0 Å². The molecule has 0 radical (unpaired) electrons. The van der Waals surface area contributed by atoms with E-state index in [1.807, 2.05) is 23.1 Å². The summed E-state index contributed by atoms with van der Waals surface area (Å²) in [6.45, 7) is 1.61. The molecule has 21 heavy (non-hydrogen) atoms. The van der Waals surface area contributed by atoms with Crippen LogP contribution < -0.4 is 9.47 Å². The molecule has 5 heteroatoms. The number of carbonyl (C=O) groups is 1. The first-order valence-corrected chi connectivity index (χ1v) is 7.62. The van der Waals surface area contributed by atoms with Gasteiger partial charge in [0.1, 0.15) is 6.10 Å². The van der Waals surface area contributed by atoms with E-state index in [9.17, 15) is 4.79 Å². The number of fused-ring (bicyclic) bond motifs is 1. The van der Waals surface area contributed by atoms with Crippen LogP contribution in [-0.4, -0.2) is 36.4 Å². The van der Waals surface area contributed by atoms with Gasteiger partial charge in [-0.1, -0.05) is 6.07 Å². The van der Waals surface area contributed by atoms with Crippen LogP contribution in [0, 0.1) is 0 Å². The van der Waals surface area contributed by atoms with Crippen LogP contribution in [0.1, 0.15) is 31.2 Å². The molecule has 112 valence electrons. The van der Waals surface area contributed by atoms with Crippen LogP contribution in [0.3, 0.4) is 0 Å². The number of ether oxygens (including phenoxy) is 3. The van der Waals surface area contributed by atoms with E-state index in [1.165, 1.54) is 0 Å². The second-order valence-electron chi connectivity index (χ2n) is 5.89. The smallest absolute Gasteiger partial charge is 0.252 e. The summed E-state index contributed by atoms with van der Waals surface area (Å²) in [6.07, 6.45) is 3.80. The summed E-state index contributed by atoms with van der Waals surface area (Å²) in [6, 6.07) is 6.28. The molecular weight excluding hydrogens is 270 g/mol. The molecule has 0 aromatic heterocycles. The van der Waals surface area contributed by atoms with E-state index >= 15 is 0 Å². The van der Waals surface area contributed by atoms with Crippen molar-refractivity contribution in [3.05, 3.63) is 23.8 Å². The molecule has 1 aromatic rings. The van der Waals surface area contributed by atoms with Crippen molar-refractivity contribution in [3.8, 4) is 11.5 Å². The van der Waals surface area contributed by atoms with Gasteiger partial charge < -0.3 is 19.1 Å². The van der Waals surface area contributed by atoms with E-state index in [-0.39, 0.29) is 18.8 Å². The molecule has 1 atom stereocenters. The number of benzene rings is 1. The van der Waals surface area contributed by atoms with Crippen molar-refractivity contribution in [1.82, 2.24) is 4.90 Å². The molecule has 3 aliphatic rings. The Bertz CT molecular complexity index is 549. The van der Waals surface area contributed by atoms with E-state index in [0.717, 1.165) is 42.7 Å². The zero-order valence-corrected chi connectivity index (χ0v) is 11.9. The third-order valence-corrected chi connectivity index (χ3v) is 4.27. The van der Waals surface area contributed by atoms with Gasteiger partial charge in [0.2, 0.25) is 6.79 Å². The third kappa shape index (κ3) is 2.58. The van der Waals surface area contributed by atoms with Gasteiger partial charge in [-0.15, -0.1) is 0 Å². The normalized spacial score (nSPS) is 23.3. The summed E-state index contributed by atoms with van der Waals surface area (Å²) >= 11 is 0. The highest BCUT2D eigenvalue weighted by molar-refractivity contribution is 5.81. The fourth-order valence-electron chi connectivity index (χ4n) is 2.97. The lowest BCUT2D eigenvalue weighted by Crippen LogP contribution is -2.39. The molecule has 1 amide bonds. The van der Waals surface area contributed by atoms with Gasteiger partial charge >= 0.3 is 0 Å². The average Bonchev–Trinajstić information content (AvgIpc) is 3.02. The maximum Gasteiger partial charge on any atom is 0.252 e. The van der Waals surface area contributed by atoms with Crippen molar-refractivity contribution in [2.75, 3.05) is 13.4 Å². The number of hydrogen-bond acceptors (Lipinski definition) is 4. The van der Waals surface area contributed by atoms with Crippen LogP contribution in [0.15, 0.2) is 18.2 Å². The molecule has 2 heterocycles. The lowest BCUT2D eigenvalue weighted by atomic mass is 10.1. The topological polar surface area (TPSA) is 48.0 Å². The van der Waals surface area contributed by atoms with Gasteiger partial charge in [-0.2, -0.15) is 0 Å². The molecule has 0 N–H and O–H groups in total. The maximum atomic E-state index is 12.6. The fraction of sp³-hybridized carbons (Fsp3) is 0.562. The summed E-state index contributed by atoms with van der Waals surface area (Å²) in [5.41, 5.74) is 1.08. The van der Waals surface area contributed by atoms with Crippen molar-refractivity contribution >= 4 is 5.91 Å². The fourth-order valence-corrected chi connectivity index (χ4v) is 2.97. The summed E-state index contributed by atoms with van der Waals surface area (Å²) < 4.78 is 16.3. The van der Waals surface area contributed by atoms with Crippen molar-refractivity contribution in [2.24, 2.45) is 0 Å². The van der Waals surface area contributed by atoms with E-state index < -0.39 is 0 Å². The lowest BCUT2D eigenvalue weighted by molar-refractivity contribution is -0.142. The van der Waals surface area contributed by atoms with Crippen LogP contribution in [0.4, 0.5) is 0 Å². The first-order chi connectivity index (χ1) is 10.3. The number of amides is 1. The average molecular weight is 289 g/mol. The standard InChI is InChI=1S/C16H19NO4/c18-16(14-2-1-7-19-14)17(12-4-5-12)9-11-3-6-13-15(8-11)21-10-20-13/h3,6,8,12,14H,1-2,4-5,7,9-10H2. The number of hydrogen-bond donors (Lipinski definition) is 0. The molecule has 0 bridgehead atoms. The minimum Gasteiger partial charge on any atom is -0.454 e. The molecule has 2 fully saturated rings. The predicted octanol–water partition coefficient (Wildman–Crippen LogP) is 2.09. The second-order valence-corrected chi connectivity index (χ2v) is 5.89. The van der Waals surface area contributed by atoms with Gasteiger partial charge in [0.15, 0.2) is 11.5 Å². The van der Waals surface area contributed by atoms with Crippen molar-refractivity contribution in [3.63, 3.8) is 0 Å². The summed E-state index contributed by atoms with van der Waals surface area (Å²) in [5.74, 6) is 1.70. The molecule has 2 aliphatic heterocycles. The lowest BCUT2D eigenvalue weighted by Gasteiger charge is -2.25. The Kier molecular flexibility index (Phi) is 3.22. The number of carbonyl (C=O) groups excluding carboxylic acids is 1. The van der Waals surface area contributed by atoms with E-state index in [4.69, 9.17) is 14.2 Å². The van der Waals surface area contributed by atoms with Gasteiger partial charge in [0.05, 0.1) is 0 Å². The molecule has 1 saturated heterocycles. The van der Waals surface area contributed by atoms with Gasteiger partial charge in [0.25, 0.3) is 5.91 Å². The minimum atomic E-state index is -0.236. The highest BCUT2D eigenvalue weighted by atomic mass is 16.7. The summed E-state index contributed by atoms with van der Waals surface area (Å²) in [7, 11) is 0. The molecule has 0 spiro atoms. The highest BCUT2D eigenvalue weighted by Gasteiger charge is 2.37. The van der Waals surface area contributed by atoms with Crippen molar-refractivity contribution in [1.29, 1.82) is 0 Å². The van der Waals surface area contributed by atoms with Crippen LogP contribution in [0.2, 0.25) is 0 Å². The Labute approximate surface area is 123 Å². The second kappa shape index (κ2) is 5.22. The van der Waals surface area contributed by atoms with Crippen LogP contribution in [-0.2, 0) is 16.1 Å². The van der Waals surface area contributed by atoms with E-state index in [0.29, 0.717) is 19.2 Å². The molecule has 4 rings (SSSR count). The Morgan fingerprint density at radius 1 is 1.19 bits per heavy atom. The zero-order chi connectivity index (χ0) is 14.2. The van der Waals surface area contributed by atoms with Crippen LogP contribution >= 0.6 is 0 Å². The van der Waals surface area contributed by atoms with Crippen molar-refractivity contribution < 1.29 is 19.0 Å². The number of nitrogens with zero attached hydrogens (tertiary/aromatic N) is 1. The summed E-state index contributed by atoms with van der Waals surface area (Å²) in [5, 5.41) is 0. The SMILES string of the molecule is O=C(C1CCCO1)N(Cc1ccc2c(c1)OCO2)C1CC1. The highest BCUT2D eigenvalue weighted by Crippen LogP contribution is 2.35. The predicted molar refractivity (Wildman–Crippen MR) is 75.1 cm³/mol. The van der Waals surface area contributed by atoms with Gasteiger partial charge in [0, 0.05) is 19.2 Å². The Balaban J connectivity index is 1.50. The van der Waals surface area contributed by atoms with E-state index in [2.05, 4.69) is 0 Å². The van der Waals surface area contributed by atoms with Gasteiger partial charge in [-0.3, -0.25) is 4.79 Å². The molecule has 1 aliphatic carbocycles. The molecule has 5 nitrogen and oxygen atoms in total. The molecule has 1 unspecified atom stereocenters. The molecular formula is C16H19NO4. The first kappa shape index (κ1) is 13.0. The molecule has 1 aromatic carbocycles. The quantitative estimate of drug-likeness (QED) is 0.851. The Morgan fingerprint density at radius 2 is 2.05 bits per heavy atom. The Morgan fingerprint density at radius 3 is 2.81 bits per heavy atom. The monoisotopic (exact) mass is 289 g/mol. The third-order valence-electron chi connectivity index (χ3n) is 4.27. The first-order valence-electron chi connectivity index (χ1n) is 7.62. The maximum absolute atomic E-state index is 12.6. The van der Waals surface area contributed by atoms with E-state index in [1.54, 1.807) is 0 Å². The van der Waals surface area contributed by atoms with Gasteiger partial charge in [-0.05, 0) is 43.4 Å². The largest absolute Gasteiger partial charge is 0.454 e. The summed E-state index contributed by atoms with van der Waals surface area (Å²) in [4.78, 5) is 14.6. The van der Waals surface area contributed by atoms with Crippen LogP contribution in [0.5, 0.6) is 11.5 Å². The molecule has 1 saturated carbocycles. The minimum absolute atomic E-state index is 0.146. The van der Waals surface area contributed by atoms with Crippen LogP contribution in [0.25, 0.3) is 0 Å².